The summed E-state index contributed by atoms with van der Waals surface area (Å²) in [5.41, 5.74) is 0.764. The van der Waals surface area contributed by atoms with Crippen LogP contribution in [0.15, 0.2) is 48.5 Å². The molecule has 7 heteroatoms. The summed E-state index contributed by atoms with van der Waals surface area (Å²) in [4.78, 5) is 24.2. The van der Waals surface area contributed by atoms with Crippen molar-refractivity contribution in [2.45, 2.75) is 19.4 Å². The highest BCUT2D eigenvalue weighted by atomic mass is 16.5. The summed E-state index contributed by atoms with van der Waals surface area (Å²) < 4.78 is 10.3. The van der Waals surface area contributed by atoms with Crippen molar-refractivity contribution < 1.29 is 29.3 Å². The second-order valence-electron chi connectivity index (χ2n) is 5.53. The lowest BCUT2D eigenvalue weighted by Gasteiger charge is -2.17. The van der Waals surface area contributed by atoms with Gasteiger partial charge in [-0.25, -0.2) is 4.79 Å². The van der Waals surface area contributed by atoms with Crippen LogP contribution < -0.4 is 10.1 Å². The molecule has 3 N–H and O–H groups in total. The van der Waals surface area contributed by atoms with E-state index >= 15 is 0 Å². The number of carbonyl (C=O) groups is 2. The molecule has 0 radical (unpaired) electrons. The van der Waals surface area contributed by atoms with Gasteiger partial charge in [0.25, 0.3) is 5.91 Å². The van der Waals surface area contributed by atoms with E-state index in [4.69, 9.17) is 9.47 Å². The average molecular weight is 359 g/mol. The average Bonchev–Trinajstić information content (AvgIpc) is 2.62. The van der Waals surface area contributed by atoms with Crippen LogP contribution in [0.25, 0.3) is 0 Å². The van der Waals surface area contributed by atoms with Crippen LogP contribution in [0.2, 0.25) is 0 Å². The predicted molar refractivity (Wildman–Crippen MR) is 94.0 cm³/mol. The fourth-order valence-corrected chi connectivity index (χ4v) is 2.23. The first-order valence-electron chi connectivity index (χ1n) is 8.13. The van der Waals surface area contributed by atoms with Crippen LogP contribution in [0.1, 0.15) is 12.5 Å². The van der Waals surface area contributed by atoms with E-state index < -0.39 is 17.9 Å². The fourth-order valence-electron chi connectivity index (χ4n) is 2.23. The van der Waals surface area contributed by atoms with Gasteiger partial charge < -0.3 is 25.0 Å². The number of phenolic OH excluding ortho intramolecular Hbond substituents is 2. The SMILES string of the molecule is CCOC(=O)[C@H](Cc1ccc(O)cc1)NC(=O)COc1ccc(O)cc1. The summed E-state index contributed by atoms with van der Waals surface area (Å²) in [6.07, 6.45) is 0.226. The van der Waals surface area contributed by atoms with Crippen LogP contribution >= 0.6 is 0 Å². The first kappa shape index (κ1) is 19.1. The van der Waals surface area contributed by atoms with Crippen LogP contribution in [0, 0.1) is 0 Å². The Bertz CT molecular complexity index is 727. The lowest BCUT2D eigenvalue weighted by molar-refractivity contribution is -0.147. The molecule has 1 atom stereocenters. The van der Waals surface area contributed by atoms with Crippen molar-refractivity contribution >= 4 is 11.9 Å². The van der Waals surface area contributed by atoms with Gasteiger partial charge in [0.1, 0.15) is 23.3 Å². The second kappa shape index (κ2) is 9.31. The van der Waals surface area contributed by atoms with Crippen LogP contribution in [0.4, 0.5) is 0 Å². The van der Waals surface area contributed by atoms with E-state index in [1.165, 1.54) is 36.4 Å². The molecule has 0 aliphatic heterocycles. The molecule has 0 saturated carbocycles. The number of aromatic hydroxyl groups is 2. The lowest BCUT2D eigenvalue weighted by atomic mass is 10.1. The Morgan fingerprint density at radius 2 is 1.58 bits per heavy atom. The van der Waals surface area contributed by atoms with Crippen molar-refractivity contribution in [2.75, 3.05) is 13.2 Å². The molecule has 1 amide bonds. The highest BCUT2D eigenvalue weighted by molar-refractivity contribution is 5.85. The number of benzene rings is 2. The molecule has 0 aliphatic rings. The third kappa shape index (κ3) is 6.01. The largest absolute Gasteiger partial charge is 0.508 e. The second-order valence-corrected chi connectivity index (χ2v) is 5.53. The minimum atomic E-state index is -0.865. The van der Waals surface area contributed by atoms with Gasteiger partial charge in [0.05, 0.1) is 6.61 Å². The number of hydrogen-bond acceptors (Lipinski definition) is 6. The van der Waals surface area contributed by atoms with Gasteiger partial charge in [0, 0.05) is 6.42 Å². The molecular formula is C19H21NO6. The van der Waals surface area contributed by atoms with E-state index in [1.54, 1.807) is 19.1 Å². The molecule has 0 saturated heterocycles. The zero-order chi connectivity index (χ0) is 18.9. The van der Waals surface area contributed by atoms with Gasteiger partial charge in [-0.15, -0.1) is 0 Å². The first-order valence-corrected chi connectivity index (χ1v) is 8.13. The number of amides is 1. The maximum absolute atomic E-state index is 12.1. The molecule has 138 valence electrons. The molecule has 7 nitrogen and oxygen atoms in total. The van der Waals surface area contributed by atoms with E-state index in [1.807, 2.05) is 0 Å². The van der Waals surface area contributed by atoms with Crippen LogP contribution in [-0.4, -0.2) is 41.3 Å². The molecule has 0 unspecified atom stereocenters. The molecule has 2 rings (SSSR count). The van der Waals surface area contributed by atoms with Gasteiger partial charge >= 0.3 is 5.97 Å². The monoisotopic (exact) mass is 359 g/mol. The fraction of sp³-hybridized carbons (Fsp3) is 0.263. The zero-order valence-electron chi connectivity index (χ0n) is 14.3. The predicted octanol–water partition coefficient (Wildman–Crippen LogP) is 1.77. The Kier molecular flexibility index (Phi) is 6.84. The number of nitrogens with one attached hydrogen (secondary N) is 1. The number of ether oxygens (including phenoxy) is 2. The van der Waals surface area contributed by atoms with Crippen molar-refractivity contribution in [3.63, 3.8) is 0 Å². The number of carbonyl (C=O) groups excluding carboxylic acids is 2. The summed E-state index contributed by atoms with van der Waals surface area (Å²) in [5, 5.41) is 21.1. The van der Waals surface area contributed by atoms with Crippen molar-refractivity contribution in [3.05, 3.63) is 54.1 Å². The van der Waals surface area contributed by atoms with Crippen molar-refractivity contribution in [1.29, 1.82) is 0 Å². The molecule has 0 aliphatic carbocycles. The van der Waals surface area contributed by atoms with Crippen LogP contribution in [0.3, 0.4) is 0 Å². The van der Waals surface area contributed by atoms with Gasteiger partial charge in [-0.3, -0.25) is 4.79 Å². The smallest absolute Gasteiger partial charge is 0.328 e. The van der Waals surface area contributed by atoms with E-state index in [9.17, 15) is 19.8 Å². The minimum absolute atomic E-state index is 0.0954. The topological polar surface area (TPSA) is 105 Å². The number of phenols is 2. The molecule has 26 heavy (non-hydrogen) atoms. The molecule has 2 aromatic rings. The molecule has 0 aromatic heterocycles. The van der Waals surface area contributed by atoms with E-state index in [2.05, 4.69) is 5.32 Å². The van der Waals surface area contributed by atoms with Gasteiger partial charge in [0.2, 0.25) is 0 Å². The number of hydrogen-bond donors (Lipinski definition) is 3. The van der Waals surface area contributed by atoms with Crippen molar-refractivity contribution in [1.82, 2.24) is 5.32 Å². The third-order valence-electron chi connectivity index (χ3n) is 3.49. The summed E-state index contributed by atoms with van der Waals surface area (Å²) in [5.74, 6) is -0.386. The van der Waals surface area contributed by atoms with Gasteiger partial charge in [-0.1, -0.05) is 12.1 Å². The van der Waals surface area contributed by atoms with E-state index in [0.29, 0.717) is 5.75 Å². The standard InChI is InChI=1S/C19H21NO6/c1-2-25-19(24)17(11-13-3-5-14(21)6-4-13)20-18(23)12-26-16-9-7-15(22)8-10-16/h3-10,17,21-22H,2,11-12H2,1H3,(H,20,23)/t17-/m0/s1. The first-order chi connectivity index (χ1) is 12.5. The maximum atomic E-state index is 12.1. The Labute approximate surface area is 151 Å². The van der Waals surface area contributed by atoms with Crippen molar-refractivity contribution in [3.8, 4) is 17.2 Å². The van der Waals surface area contributed by atoms with Crippen LogP contribution in [0.5, 0.6) is 17.2 Å². The van der Waals surface area contributed by atoms with Gasteiger partial charge in [-0.05, 0) is 48.9 Å². The molecule has 2 aromatic carbocycles. The Morgan fingerprint density at radius 1 is 1.00 bits per heavy atom. The number of esters is 1. The Hall–Kier alpha value is -3.22. The summed E-state index contributed by atoms with van der Waals surface area (Å²) in [7, 11) is 0. The highest BCUT2D eigenvalue weighted by Gasteiger charge is 2.22. The third-order valence-corrected chi connectivity index (χ3v) is 3.49. The minimum Gasteiger partial charge on any atom is -0.508 e. The molecule has 0 bridgehead atoms. The van der Waals surface area contributed by atoms with Gasteiger partial charge in [0.15, 0.2) is 6.61 Å². The van der Waals surface area contributed by atoms with Crippen LogP contribution in [-0.2, 0) is 20.7 Å². The summed E-state index contributed by atoms with van der Waals surface area (Å²) in [6, 6.07) is 11.4. The Balaban J connectivity index is 1.95. The molecular weight excluding hydrogens is 338 g/mol. The molecule has 0 spiro atoms. The quantitative estimate of drug-likeness (QED) is 0.621. The summed E-state index contributed by atoms with van der Waals surface area (Å²) >= 11 is 0. The van der Waals surface area contributed by atoms with E-state index in [-0.39, 0.29) is 31.1 Å². The molecule has 0 fully saturated rings. The Morgan fingerprint density at radius 3 is 2.15 bits per heavy atom. The lowest BCUT2D eigenvalue weighted by Crippen LogP contribution is -2.45. The van der Waals surface area contributed by atoms with Gasteiger partial charge in [-0.2, -0.15) is 0 Å². The zero-order valence-corrected chi connectivity index (χ0v) is 14.3. The normalized spacial score (nSPS) is 11.4. The van der Waals surface area contributed by atoms with Crippen molar-refractivity contribution in [2.24, 2.45) is 0 Å². The molecule has 0 heterocycles. The summed E-state index contributed by atoms with van der Waals surface area (Å²) in [6.45, 7) is 1.60. The number of rotatable bonds is 8. The maximum Gasteiger partial charge on any atom is 0.328 e. The van der Waals surface area contributed by atoms with E-state index in [0.717, 1.165) is 5.56 Å². The highest BCUT2D eigenvalue weighted by Crippen LogP contribution is 2.16.